The van der Waals surface area contributed by atoms with Gasteiger partial charge in [-0.25, -0.2) is 4.79 Å². The van der Waals surface area contributed by atoms with E-state index in [4.69, 9.17) is 9.47 Å². The Hall–Kier alpha value is -0.610. The molecular formula is C16H29NO3. The molecule has 4 nitrogen and oxygen atoms in total. The fourth-order valence-electron chi connectivity index (χ4n) is 4.45. The summed E-state index contributed by atoms with van der Waals surface area (Å²) in [4.78, 5) is 11.2. The highest BCUT2D eigenvalue weighted by atomic mass is 16.6. The maximum atomic E-state index is 11.2. The minimum atomic E-state index is -0.278. The monoisotopic (exact) mass is 283 g/mol. The van der Waals surface area contributed by atoms with Crippen LogP contribution in [-0.4, -0.2) is 38.4 Å². The third-order valence-corrected chi connectivity index (χ3v) is 5.39. The van der Waals surface area contributed by atoms with E-state index in [1.54, 1.807) is 6.92 Å². The topological polar surface area (TPSA) is 47.6 Å². The van der Waals surface area contributed by atoms with Crippen LogP contribution in [-0.2, 0) is 14.3 Å². The van der Waals surface area contributed by atoms with Crippen LogP contribution < -0.4 is 5.32 Å². The first-order valence-electron chi connectivity index (χ1n) is 7.87. The Morgan fingerprint density at radius 2 is 2.10 bits per heavy atom. The molecule has 0 radical (unpaired) electrons. The smallest absolute Gasteiger partial charge is 0.332 e. The number of ether oxygens (including phenoxy) is 2. The van der Waals surface area contributed by atoms with E-state index >= 15 is 0 Å². The number of nitrogens with one attached hydrogen (secondary N) is 1. The first-order chi connectivity index (χ1) is 9.40. The zero-order valence-electron chi connectivity index (χ0n) is 13.3. The van der Waals surface area contributed by atoms with Crippen LogP contribution >= 0.6 is 0 Å². The van der Waals surface area contributed by atoms with E-state index in [2.05, 4.69) is 26.1 Å². The standard InChI is InChI=1S/C16H29NO3/c1-5-20-13(18)11-19-9-8-17-14-15(2,3)12-6-7-16(14,4)10-12/h12,14,17H,5-11H2,1-4H3. The minimum absolute atomic E-state index is 0.0590. The lowest BCUT2D eigenvalue weighted by Crippen LogP contribution is -2.51. The molecule has 2 bridgehead atoms. The SMILES string of the molecule is CCOC(=O)COCCNC1C2(C)CCC(C2)C1(C)C. The van der Waals surface area contributed by atoms with Crippen molar-refractivity contribution in [2.24, 2.45) is 16.7 Å². The molecule has 3 unspecified atom stereocenters. The second-order valence-corrected chi connectivity index (χ2v) is 7.16. The van der Waals surface area contributed by atoms with Crippen LogP contribution in [0.25, 0.3) is 0 Å². The molecule has 116 valence electrons. The van der Waals surface area contributed by atoms with Crippen LogP contribution in [0.5, 0.6) is 0 Å². The molecule has 0 aromatic carbocycles. The average molecular weight is 283 g/mol. The highest BCUT2D eigenvalue weighted by molar-refractivity contribution is 5.70. The van der Waals surface area contributed by atoms with E-state index in [1.165, 1.54) is 19.3 Å². The van der Waals surface area contributed by atoms with Gasteiger partial charge in [-0.05, 0) is 42.9 Å². The summed E-state index contributed by atoms with van der Waals surface area (Å²) in [5.41, 5.74) is 0.809. The van der Waals surface area contributed by atoms with Crippen LogP contribution in [0.3, 0.4) is 0 Å². The number of carbonyl (C=O) groups excluding carboxylic acids is 1. The second kappa shape index (κ2) is 6.02. The van der Waals surface area contributed by atoms with Crippen LogP contribution in [0.15, 0.2) is 0 Å². The van der Waals surface area contributed by atoms with Crippen LogP contribution in [0.4, 0.5) is 0 Å². The van der Waals surface area contributed by atoms with E-state index < -0.39 is 0 Å². The van der Waals surface area contributed by atoms with Crippen molar-refractivity contribution >= 4 is 5.97 Å². The van der Waals surface area contributed by atoms with E-state index in [9.17, 15) is 4.79 Å². The molecule has 0 aromatic heterocycles. The number of hydrogen-bond donors (Lipinski definition) is 1. The van der Waals surface area contributed by atoms with Gasteiger partial charge in [-0.15, -0.1) is 0 Å². The van der Waals surface area contributed by atoms with Gasteiger partial charge in [-0.1, -0.05) is 20.8 Å². The summed E-state index contributed by atoms with van der Waals surface area (Å²) in [6, 6.07) is 0.556. The third-order valence-electron chi connectivity index (χ3n) is 5.39. The molecule has 2 aliphatic carbocycles. The van der Waals surface area contributed by atoms with Crippen molar-refractivity contribution in [3.63, 3.8) is 0 Å². The Balaban J connectivity index is 1.71. The summed E-state index contributed by atoms with van der Waals surface area (Å²) < 4.78 is 10.2. The van der Waals surface area contributed by atoms with Gasteiger partial charge in [-0.3, -0.25) is 0 Å². The fraction of sp³-hybridized carbons (Fsp3) is 0.938. The molecule has 2 fully saturated rings. The van der Waals surface area contributed by atoms with Crippen molar-refractivity contribution in [2.45, 2.75) is 53.0 Å². The van der Waals surface area contributed by atoms with Gasteiger partial charge in [0.05, 0.1) is 13.2 Å². The normalized spacial score (nSPS) is 34.4. The molecule has 2 rings (SSSR count). The first kappa shape index (κ1) is 15.8. The number of carbonyl (C=O) groups is 1. The molecule has 0 spiro atoms. The average Bonchev–Trinajstić information content (AvgIpc) is 2.84. The molecule has 0 aromatic rings. The van der Waals surface area contributed by atoms with Gasteiger partial charge in [0.2, 0.25) is 0 Å². The maximum Gasteiger partial charge on any atom is 0.332 e. The number of esters is 1. The lowest BCUT2D eigenvalue weighted by molar-refractivity contribution is -0.148. The molecule has 0 heterocycles. The lowest BCUT2D eigenvalue weighted by Gasteiger charge is -2.43. The highest BCUT2D eigenvalue weighted by Gasteiger charge is 2.58. The Kier molecular flexibility index (Phi) is 4.75. The van der Waals surface area contributed by atoms with Gasteiger partial charge in [0.15, 0.2) is 0 Å². The fourth-order valence-corrected chi connectivity index (χ4v) is 4.45. The molecule has 3 atom stereocenters. The minimum Gasteiger partial charge on any atom is -0.464 e. The Bertz CT molecular complexity index is 351. The van der Waals surface area contributed by atoms with Gasteiger partial charge in [-0.2, -0.15) is 0 Å². The summed E-state index contributed by atoms with van der Waals surface area (Å²) in [7, 11) is 0. The van der Waals surface area contributed by atoms with Crippen molar-refractivity contribution in [1.82, 2.24) is 5.32 Å². The summed E-state index contributed by atoms with van der Waals surface area (Å²) in [5.74, 6) is 0.574. The van der Waals surface area contributed by atoms with Crippen molar-refractivity contribution in [1.29, 1.82) is 0 Å². The zero-order valence-corrected chi connectivity index (χ0v) is 13.3. The molecule has 2 aliphatic rings. The van der Waals surface area contributed by atoms with Crippen molar-refractivity contribution in [3.8, 4) is 0 Å². The van der Waals surface area contributed by atoms with Gasteiger partial charge in [0, 0.05) is 12.6 Å². The summed E-state index contributed by atoms with van der Waals surface area (Å²) in [6.45, 7) is 10.8. The van der Waals surface area contributed by atoms with Gasteiger partial charge in [0.25, 0.3) is 0 Å². The zero-order chi connectivity index (χ0) is 14.8. The molecular weight excluding hydrogens is 254 g/mol. The summed E-state index contributed by atoms with van der Waals surface area (Å²) >= 11 is 0. The number of fused-ring (bicyclic) bond motifs is 2. The summed E-state index contributed by atoms with van der Waals surface area (Å²) in [5, 5.41) is 3.67. The van der Waals surface area contributed by atoms with Crippen LogP contribution in [0.2, 0.25) is 0 Å². The second-order valence-electron chi connectivity index (χ2n) is 7.16. The molecule has 1 N–H and O–H groups in total. The van der Waals surface area contributed by atoms with Crippen molar-refractivity contribution in [2.75, 3.05) is 26.4 Å². The van der Waals surface area contributed by atoms with E-state index in [1.807, 2.05) is 0 Å². The summed E-state index contributed by atoms with van der Waals surface area (Å²) in [6.07, 6.45) is 4.06. The van der Waals surface area contributed by atoms with Gasteiger partial charge in [0.1, 0.15) is 6.61 Å². The molecule has 2 saturated carbocycles. The predicted octanol–water partition coefficient (Wildman–Crippen LogP) is 2.37. The molecule has 0 saturated heterocycles. The van der Waals surface area contributed by atoms with Gasteiger partial charge < -0.3 is 14.8 Å². The van der Waals surface area contributed by atoms with Gasteiger partial charge >= 0.3 is 5.97 Å². The van der Waals surface area contributed by atoms with Crippen LogP contribution in [0, 0.1) is 16.7 Å². The molecule has 0 amide bonds. The quantitative estimate of drug-likeness (QED) is 0.575. The Labute approximate surface area is 122 Å². The molecule has 20 heavy (non-hydrogen) atoms. The molecule has 0 aliphatic heterocycles. The predicted molar refractivity (Wildman–Crippen MR) is 78.5 cm³/mol. The van der Waals surface area contributed by atoms with E-state index in [0.29, 0.717) is 30.1 Å². The number of hydrogen-bond acceptors (Lipinski definition) is 4. The maximum absolute atomic E-state index is 11.2. The van der Waals surface area contributed by atoms with Crippen LogP contribution in [0.1, 0.15) is 47.0 Å². The highest BCUT2D eigenvalue weighted by Crippen LogP contribution is 2.62. The van der Waals surface area contributed by atoms with E-state index in [-0.39, 0.29) is 12.6 Å². The lowest BCUT2D eigenvalue weighted by atomic mass is 9.68. The third kappa shape index (κ3) is 3.01. The van der Waals surface area contributed by atoms with Crippen molar-refractivity contribution < 1.29 is 14.3 Å². The first-order valence-corrected chi connectivity index (χ1v) is 7.87. The number of rotatable bonds is 7. The Morgan fingerprint density at radius 3 is 2.70 bits per heavy atom. The Morgan fingerprint density at radius 1 is 1.35 bits per heavy atom. The largest absolute Gasteiger partial charge is 0.464 e. The van der Waals surface area contributed by atoms with E-state index in [0.717, 1.165) is 12.5 Å². The molecule has 4 heteroatoms. The van der Waals surface area contributed by atoms with Crippen molar-refractivity contribution in [3.05, 3.63) is 0 Å².